The van der Waals surface area contributed by atoms with Gasteiger partial charge in [0.25, 0.3) is 5.91 Å². The number of morpholine rings is 1. The number of rotatable bonds is 5. The van der Waals surface area contributed by atoms with Crippen molar-refractivity contribution >= 4 is 21.4 Å². The largest absolute Gasteiger partial charge is 0.378 e. The second-order valence-electron chi connectivity index (χ2n) is 8.67. The molecule has 9 heteroatoms. The van der Waals surface area contributed by atoms with Crippen LogP contribution in [0.15, 0.2) is 54.9 Å². The minimum absolute atomic E-state index is 0.0210. The highest BCUT2D eigenvalue weighted by Crippen LogP contribution is 2.31. The van der Waals surface area contributed by atoms with E-state index >= 15 is 0 Å². The number of benzene rings is 1. The van der Waals surface area contributed by atoms with E-state index in [4.69, 9.17) is 4.74 Å². The van der Waals surface area contributed by atoms with Gasteiger partial charge < -0.3 is 9.64 Å². The van der Waals surface area contributed by atoms with Crippen LogP contribution in [-0.4, -0.2) is 72.5 Å². The van der Waals surface area contributed by atoms with Crippen LogP contribution in [0.5, 0.6) is 0 Å². The zero-order valence-corrected chi connectivity index (χ0v) is 19.3. The summed E-state index contributed by atoms with van der Waals surface area (Å²) in [4.78, 5) is 14.8. The number of aromatic nitrogens is 2. The highest BCUT2D eigenvalue weighted by molar-refractivity contribution is 7.88. The average Bonchev–Trinajstić information content (AvgIpc) is 3.28. The number of amides is 1. The summed E-state index contributed by atoms with van der Waals surface area (Å²) in [5.41, 5.74) is 3.33. The van der Waals surface area contributed by atoms with Gasteiger partial charge >= 0.3 is 0 Å². The lowest BCUT2D eigenvalue weighted by atomic mass is 9.90. The average molecular weight is 469 g/mol. The molecule has 8 nitrogen and oxygen atoms in total. The van der Waals surface area contributed by atoms with Crippen LogP contribution in [0.1, 0.15) is 40.2 Å². The first-order chi connectivity index (χ1) is 16.0. The van der Waals surface area contributed by atoms with Crippen molar-refractivity contribution in [1.29, 1.82) is 0 Å². The van der Waals surface area contributed by atoms with E-state index in [-0.39, 0.29) is 17.6 Å². The third kappa shape index (κ3) is 4.66. The number of piperidine rings is 1. The fourth-order valence-corrected chi connectivity index (χ4v) is 6.26. The molecule has 2 aromatic heterocycles. The molecule has 2 aliphatic rings. The van der Waals surface area contributed by atoms with E-state index in [0.29, 0.717) is 45.0 Å². The third-order valence-corrected chi connectivity index (χ3v) is 8.43. The summed E-state index contributed by atoms with van der Waals surface area (Å²) in [5.74, 6) is 0.263. The standard InChI is InChI=1S/C24H28N4O4S/c29-24(26-12-14-32-15-13-26)22-17-25-28-11-8-21(16-23(22)28)20-6-9-27(10-7-20)33(30,31)18-19-4-2-1-3-5-19/h1-5,8,11,16-17,20H,6-7,9-10,12-15,18H2. The fraction of sp³-hybridized carbons (Fsp3) is 0.417. The molecule has 0 radical (unpaired) electrons. The van der Waals surface area contributed by atoms with Crippen LogP contribution in [0.25, 0.3) is 5.52 Å². The second kappa shape index (κ2) is 9.24. The van der Waals surface area contributed by atoms with Crippen LogP contribution in [0.3, 0.4) is 0 Å². The predicted octanol–water partition coefficient (Wildman–Crippen LogP) is 2.52. The first-order valence-electron chi connectivity index (χ1n) is 11.4. The molecular formula is C24H28N4O4S. The summed E-state index contributed by atoms with van der Waals surface area (Å²) in [6, 6.07) is 13.4. The Kier molecular flexibility index (Phi) is 6.18. The van der Waals surface area contributed by atoms with Gasteiger partial charge in [0.1, 0.15) is 0 Å². The Balaban J connectivity index is 1.29. The quantitative estimate of drug-likeness (QED) is 0.575. The summed E-state index contributed by atoms with van der Waals surface area (Å²) in [6.07, 6.45) is 5.03. The van der Waals surface area contributed by atoms with E-state index in [2.05, 4.69) is 5.10 Å². The molecule has 0 N–H and O–H groups in total. The summed E-state index contributed by atoms with van der Waals surface area (Å²) >= 11 is 0. The van der Waals surface area contributed by atoms with Crippen LogP contribution in [0, 0.1) is 0 Å². The van der Waals surface area contributed by atoms with E-state index in [1.54, 1.807) is 15.0 Å². The zero-order chi connectivity index (χ0) is 22.8. The Morgan fingerprint density at radius 3 is 2.48 bits per heavy atom. The van der Waals surface area contributed by atoms with E-state index in [0.717, 1.165) is 29.5 Å². The van der Waals surface area contributed by atoms with Crippen molar-refractivity contribution in [2.75, 3.05) is 39.4 Å². The lowest BCUT2D eigenvalue weighted by Gasteiger charge is -2.31. The molecule has 2 aliphatic heterocycles. The molecule has 0 bridgehead atoms. The van der Waals surface area contributed by atoms with Gasteiger partial charge in [-0.25, -0.2) is 17.2 Å². The smallest absolute Gasteiger partial charge is 0.257 e. The summed E-state index contributed by atoms with van der Waals surface area (Å²) in [6.45, 7) is 3.30. The lowest BCUT2D eigenvalue weighted by Crippen LogP contribution is -2.40. The van der Waals surface area contributed by atoms with Gasteiger partial charge in [-0.3, -0.25) is 4.79 Å². The fourth-order valence-electron chi connectivity index (χ4n) is 4.70. The maximum atomic E-state index is 13.0. The molecular weight excluding hydrogens is 440 g/mol. The molecule has 2 fully saturated rings. The minimum atomic E-state index is -3.34. The number of sulfonamides is 1. The number of carbonyl (C=O) groups excluding carboxylic acids is 1. The monoisotopic (exact) mass is 468 g/mol. The molecule has 0 saturated carbocycles. The van der Waals surface area contributed by atoms with Gasteiger partial charge in [-0.1, -0.05) is 30.3 Å². The molecule has 2 saturated heterocycles. The molecule has 5 rings (SSSR count). The molecule has 0 unspecified atom stereocenters. The van der Waals surface area contributed by atoms with Gasteiger partial charge in [-0.15, -0.1) is 0 Å². The molecule has 4 heterocycles. The molecule has 0 atom stereocenters. The maximum absolute atomic E-state index is 13.0. The van der Waals surface area contributed by atoms with Crippen LogP contribution in [-0.2, 0) is 20.5 Å². The Morgan fingerprint density at radius 2 is 1.76 bits per heavy atom. The van der Waals surface area contributed by atoms with Crippen molar-refractivity contribution in [1.82, 2.24) is 18.8 Å². The van der Waals surface area contributed by atoms with Gasteiger partial charge in [0.2, 0.25) is 10.0 Å². The van der Waals surface area contributed by atoms with Gasteiger partial charge in [0.05, 0.1) is 36.2 Å². The molecule has 174 valence electrons. The van der Waals surface area contributed by atoms with Gasteiger partial charge in [0, 0.05) is 32.4 Å². The zero-order valence-electron chi connectivity index (χ0n) is 18.5. The Bertz CT molecular complexity index is 1230. The van der Waals surface area contributed by atoms with Crippen molar-refractivity contribution in [3.05, 3.63) is 71.5 Å². The minimum Gasteiger partial charge on any atom is -0.378 e. The Hall–Kier alpha value is -2.75. The second-order valence-corrected chi connectivity index (χ2v) is 10.6. The summed E-state index contributed by atoms with van der Waals surface area (Å²) in [7, 11) is -3.34. The molecule has 0 spiro atoms. The normalized spacial score (nSPS) is 18.6. The number of nitrogens with zero attached hydrogens (tertiary/aromatic N) is 4. The van der Waals surface area contributed by atoms with E-state index in [1.165, 1.54) is 0 Å². The first-order valence-corrected chi connectivity index (χ1v) is 13.0. The molecule has 1 amide bonds. The summed E-state index contributed by atoms with van der Waals surface area (Å²) < 4.78 is 34.4. The maximum Gasteiger partial charge on any atom is 0.257 e. The van der Waals surface area contributed by atoms with E-state index in [1.807, 2.05) is 53.6 Å². The van der Waals surface area contributed by atoms with E-state index in [9.17, 15) is 13.2 Å². The van der Waals surface area contributed by atoms with Gasteiger partial charge in [0.15, 0.2) is 0 Å². The molecule has 0 aliphatic carbocycles. The predicted molar refractivity (Wildman–Crippen MR) is 125 cm³/mol. The number of ether oxygens (including phenoxy) is 1. The van der Waals surface area contributed by atoms with Gasteiger partial charge in [-0.05, 0) is 42.0 Å². The molecule has 3 aromatic rings. The molecule has 33 heavy (non-hydrogen) atoms. The van der Waals surface area contributed by atoms with Crippen molar-refractivity contribution in [2.45, 2.75) is 24.5 Å². The van der Waals surface area contributed by atoms with Gasteiger partial charge in [-0.2, -0.15) is 5.10 Å². The SMILES string of the molecule is O=C(c1cnn2ccc(C3CCN(S(=O)(=O)Cc4ccccc4)CC3)cc12)N1CCOCC1. The van der Waals surface area contributed by atoms with Crippen molar-refractivity contribution < 1.29 is 17.9 Å². The number of carbonyl (C=O) groups is 1. The van der Waals surface area contributed by atoms with Crippen molar-refractivity contribution in [3.63, 3.8) is 0 Å². The van der Waals surface area contributed by atoms with Crippen LogP contribution in [0.2, 0.25) is 0 Å². The first kappa shape index (κ1) is 22.1. The number of hydrogen-bond acceptors (Lipinski definition) is 5. The number of pyridine rings is 1. The Labute approximate surface area is 193 Å². The topological polar surface area (TPSA) is 84.2 Å². The Morgan fingerprint density at radius 1 is 1.03 bits per heavy atom. The lowest BCUT2D eigenvalue weighted by molar-refractivity contribution is 0.0304. The van der Waals surface area contributed by atoms with Crippen LogP contribution in [0.4, 0.5) is 0 Å². The third-order valence-electron chi connectivity index (χ3n) is 6.58. The highest BCUT2D eigenvalue weighted by atomic mass is 32.2. The van der Waals surface area contributed by atoms with Crippen molar-refractivity contribution in [3.8, 4) is 0 Å². The number of hydrogen-bond donors (Lipinski definition) is 0. The highest BCUT2D eigenvalue weighted by Gasteiger charge is 2.29. The van der Waals surface area contributed by atoms with Crippen molar-refractivity contribution in [2.24, 2.45) is 0 Å². The summed E-state index contributed by atoms with van der Waals surface area (Å²) in [5, 5.41) is 4.36. The van der Waals surface area contributed by atoms with Crippen LogP contribution < -0.4 is 0 Å². The van der Waals surface area contributed by atoms with Crippen LogP contribution >= 0.6 is 0 Å². The molecule has 1 aromatic carbocycles. The number of fused-ring (bicyclic) bond motifs is 1. The van der Waals surface area contributed by atoms with E-state index < -0.39 is 10.0 Å².